The van der Waals surface area contributed by atoms with Gasteiger partial charge in [-0.15, -0.1) is 11.3 Å². The molecule has 0 aromatic carbocycles. The molecule has 0 aliphatic carbocycles. The molecule has 1 aliphatic rings. The second-order valence-corrected chi connectivity index (χ2v) is 5.99. The van der Waals surface area contributed by atoms with Crippen molar-refractivity contribution in [2.75, 3.05) is 20.1 Å². The summed E-state index contributed by atoms with van der Waals surface area (Å²) in [5.41, 5.74) is 1.34. The number of aromatic nitrogens is 2. The number of amides is 1. The molecule has 2 aromatic rings. The van der Waals surface area contributed by atoms with Gasteiger partial charge in [0.1, 0.15) is 10.7 Å². The first-order valence-electron chi connectivity index (χ1n) is 7.11. The third-order valence-electron chi connectivity index (χ3n) is 3.72. The molecule has 3 heterocycles. The van der Waals surface area contributed by atoms with Crippen LogP contribution in [-0.2, 0) is 0 Å². The van der Waals surface area contributed by atoms with E-state index in [1.807, 2.05) is 35.5 Å². The van der Waals surface area contributed by atoms with Crippen molar-refractivity contribution in [3.05, 3.63) is 35.5 Å². The molecule has 1 aliphatic heterocycles. The van der Waals surface area contributed by atoms with Crippen LogP contribution in [0.25, 0.3) is 10.7 Å². The van der Waals surface area contributed by atoms with Crippen molar-refractivity contribution in [2.24, 2.45) is 0 Å². The standard InChI is InChI=1S/C15H18N4OS/c1-16-11-5-4-8-19(9-11)15(20)13-10-21-14(18-13)12-6-2-3-7-17-12/h2-3,6-7,10-11,16H,4-5,8-9H2,1H3/t11-/m0/s1. The molecule has 6 heteroatoms. The van der Waals surface area contributed by atoms with Crippen LogP contribution in [-0.4, -0.2) is 47.0 Å². The zero-order chi connectivity index (χ0) is 14.7. The third kappa shape index (κ3) is 3.11. The van der Waals surface area contributed by atoms with E-state index in [0.29, 0.717) is 11.7 Å². The molecule has 1 saturated heterocycles. The largest absolute Gasteiger partial charge is 0.336 e. The number of thiazole rings is 1. The first kappa shape index (κ1) is 14.2. The lowest BCUT2D eigenvalue weighted by Gasteiger charge is -2.32. The molecule has 2 aromatic heterocycles. The number of carbonyl (C=O) groups excluding carboxylic acids is 1. The van der Waals surface area contributed by atoms with Gasteiger partial charge in [-0.1, -0.05) is 6.07 Å². The molecule has 1 N–H and O–H groups in total. The van der Waals surface area contributed by atoms with Crippen LogP contribution in [0.4, 0.5) is 0 Å². The molecule has 3 rings (SSSR count). The van der Waals surface area contributed by atoms with Crippen molar-refractivity contribution in [1.82, 2.24) is 20.2 Å². The van der Waals surface area contributed by atoms with Gasteiger partial charge in [0.25, 0.3) is 5.91 Å². The van der Waals surface area contributed by atoms with Crippen molar-refractivity contribution in [1.29, 1.82) is 0 Å². The van der Waals surface area contributed by atoms with Crippen molar-refractivity contribution in [3.8, 4) is 10.7 Å². The van der Waals surface area contributed by atoms with Gasteiger partial charge in [0.15, 0.2) is 0 Å². The Kier molecular flexibility index (Phi) is 4.26. The van der Waals surface area contributed by atoms with E-state index in [0.717, 1.165) is 36.6 Å². The van der Waals surface area contributed by atoms with Crippen LogP contribution < -0.4 is 5.32 Å². The van der Waals surface area contributed by atoms with Crippen LogP contribution in [0.2, 0.25) is 0 Å². The molecule has 0 spiro atoms. The molecule has 5 nitrogen and oxygen atoms in total. The van der Waals surface area contributed by atoms with E-state index in [9.17, 15) is 4.79 Å². The predicted octanol–water partition coefficient (Wildman–Crippen LogP) is 2.03. The van der Waals surface area contributed by atoms with E-state index in [1.165, 1.54) is 11.3 Å². The molecule has 1 atom stereocenters. The van der Waals surface area contributed by atoms with E-state index in [1.54, 1.807) is 6.20 Å². The van der Waals surface area contributed by atoms with Crippen LogP contribution in [0.1, 0.15) is 23.3 Å². The summed E-state index contributed by atoms with van der Waals surface area (Å²) < 4.78 is 0. The first-order valence-corrected chi connectivity index (χ1v) is 7.99. The maximum atomic E-state index is 12.5. The van der Waals surface area contributed by atoms with Gasteiger partial charge in [0.05, 0.1) is 5.69 Å². The topological polar surface area (TPSA) is 58.1 Å². The van der Waals surface area contributed by atoms with Gasteiger partial charge in [-0.2, -0.15) is 0 Å². The molecule has 0 radical (unpaired) electrons. The van der Waals surface area contributed by atoms with Crippen LogP contribution in [0, 0.1) is 0 Å². The number of pyridine rings is 1. The van der Waals surface area contributed by atoms with Crippen molar-refractivity contribution in [3.63, 3.8) is 0 Å². The molecule has 110 valence electrons. The van der Waals surface area contributed by atoms with Crippen LogP contribution in [0.5, 0.6) is 0 Å². The minimum absolute atomic E-state index is 0.0216. The van der Waals surface area contributed by atoms with Gasteiger partial charge in [-0.3, -0.25) is 9.78 Å². The third-order valence-corrected chi connectivity index (χ3v) is 4.59. The quantitative estimate of drug-likeness (QED) is 0.942. The van der Waals surface area contributed by atoms with E-state index < -0.39 is 0 Å². The van der Waals surface area contributed by atoms with Crippen molar-refractivity contribution in [2.45, 2.75) is 18.9 Å². The van der Waals surface area contributed by atoms with Gasteiger partial charge in [-0.05, 0) is 32.0 Å². The molecule has 21 heavy (non-hydrogen) atoms. The maximum absolute atomic E-state index is 12.5. The highest BCUT2D eigenvalue weighted by atomic mass is 32.1. The van der Waals surface area contributed by atoms with Gasteiger partial charge in [0.2, 0.25) is 0 Å². The Balaban J connectivity index is 1.75. The number of piperidine rings is 1. The number of nitrogens with zero attached hydrogens (tertiary/aromatic N) is 3. The fourth-order valence-corrected chi connectivity index (χ4v) is 3.31. The summed E-state index contributed by atoms with van der Waals surface area (Å²) in [7, 11) is 1.95. The molecule has 0 saturated carbocycles. The second kappa shape index (κ2) is 6.32. The van der Waals surface area contributed by atoms with E-state index in [-0.39, 0.29) is 5.91 Å². The molecule has 1 amide bonds. The number of nitrogens with one attached hydrogen (secondary N) is 1. The highest BCUT2D eigenvalue weighted by Crippen LogP contribution is 2.23. The van der Waals surface area contributed by atoms with E-state index >= 15 is 0 Å². The average Bonchev–Trinajstić information content (AvgIpc) is 3.05. The SMILES string of the molecule is CN[C@H]1CCCN(C(=O)c2csc(-c3ccccn3)n2)C1. The van der Waals surface area contributed by atoms with Crippen molar-refractivity contribution < 1.29 is 4.79 Å². The zero-order valence-electron chi connectivity index (χ0n) is 12.0. The Labute approximate surface area is 128 Å². The number of rotatable bonds is 3. The number of hydrogen-bond donors (Lipinski definition) is 1. The summed E-state index contributed by atoms with van der Waals surface area (Å²) in [4.78, 5) is 23.1. The highest BCUT2D eigenvalue weighted by Gasteiger charge is 2.25. The fraction of sp³-hybridized carbons (Fsp3) is 0.400. The van der Waals surface area contributed by atoms with Gasteiger partial charge >= 0.3 is 0 Å². The van der Waals surface area contributed by atoms with Crippen LogP contribution in [0.3, 0.4) is 0 Å². The first-order chi connectivity index (χ1) is 10.3. The van der Waals surface area contributed by atoms with Gasteiger partial charge < -0.3 is 10.2 Å². The second-order valence-electron chi connectivity index (χ2n) is 5.13. The molecule has 0 bridgehead atoms. The van der Waals surface area contributed by atoms with Crippen molar-refractivity contribution >= 4 is 17.2 Å². The lowest BCUT2D eigenvalue weighted by atomic mass is 10.1. The fourth-order valence-electron chi connectivity index (χ4n) is 2.54. The zero-order valence-corrected chi connectivity index (χ0v) is 12.8. The number of likely N-dealkylation sites (tertiary alicyclic amines) is 1. The minimum atomic E-state index is 0.0216. The molecular formula is C15H18N4OS. The maximum Gasteiger partial charge on any atom is 0.273 e. The van der Waals surface area contributed by atoms with E-state index in [4.69, 9.17) is 0 Å². The number of carbonyl (C=O) groups is 1. The summed E-state index contributed by atoms with van der Waals surface area (Å²) in [6.07, 6.45) is 3.89. The smallest absolute Gasteiger partial charge is 0.273 e. The number of hydrogen-bond acceptors (Lipinski definition) is 5. The normalized spacial score (nSPS) is 18.7. The van der Waals surface area contributed by atoms with E-state index in [2.05, 4.69) is 15.3 Å². The summed E-state index contributed by atoms with van der Waals surface area (Å²) in [6.45, 7) is 1.57. The lowest BCUT2D eigenvalue weighted by molar-refractivity contribution is 0.0693. The Morgan fingerprint density at radius 3 is 3.14 bits per heavy atom. The Bertz CT molecular complexity index is 613. The lowest BCUT2D eigenvalue weighted by Crippen LogP contribution is -2.47. The molecular weight excluding hydrogens is 284 g/mol. The van der Waals surface area contributed by atoms with Gasteiger partial charge in [0, 0.05) is 30.7 Å². The minimum Gasteiger partial charge on any atom is -0.336 e. The Hall–Kier alpha value is -1.79. The number of likely N-dealkylation sites (N-methyl/N-ethyl adjacent to an activating group) is 1. The molecule has 0 unspecified atom stereocenters. The van der Waals surface area contributed by atoms with Crippen LogP contribution in [0.15, 0.2) is 29.8 Å². The summed E-state index contributed by atoms with van der Waals surface area (Å²) in [5, 5.41) is 5.87. The Morgan fingerprint density at radius 2 is 2.38 bits per heavy atom. The monoisotopic (exact) mass is 302 g/mol. The Morgan fingerprint density at radius 1 is 1.48 bits per heavy atom. The van der Waals surface area contributed by atoms with Gasteiger partial charge in [-0.25, -0.2) is 4.98 Å². The molecule has 1 fully saturated rings. The average molecular weight is 302 g/mol. The summed E-state index contributed by atoms with van der Waals surface area (Å²) >= 11 is 1.46. The summed E-state index contributed by atoms with van der Waals surface area (Å²) in [6, 6.07) is 6.09. The highest BCUT2D eigenvalue weighted by molar-refractivity contribution is 7.13. The summed E-state index contributed by atoms with van der Waals surface area (Å²) in [5.74, 6) is 0.0216. The van der Waals surface area contributed by atoms with Crippen LogP contribution >= 0.6 is 11.3 Å². The predicted molar refractivity (Wildman–Crippen MR) is 83.3 cm³/mol.